The minimum Gasteiger partial charge on any atom is -0.351 e. The van der Waals surface area contributed by atoms with Crippen molar-refractivity contribution in [3.8, 4) is 10.6 Å². The Morgan fingerprint density at radius 3 is 2.88 bits per heavy atom. The minimum atomic E-state index is -0.0320. The topological polar surface area (TPSA) is 42.0 Å². The third kappa shape index (κ3) is 2.91. The van der Waals surface area contributed by atoms with Crippen LogP contribution in [0.3, 0.4) is 0 Å². The van der Waals surface area contributed by atoms with Gasteiger partial charge in [0.25, 0.3) is 0 Å². The molecular weight excluding hydrogens is 232 g/mol. The van der Waals surface area contributed by atoms with Crippen LogP contribution in [0, 0.1) is 6.92 Å². The van der Waals surface area contributed by atoms with Gasteiger partial charge < -0.3 is 5.32 Å². The zero-order valence-corrected chi connectivity index (χ0v) is 10.7. The first-order valence-corrected chi connectivity index (χ1v) is 6.29. The molecule has 1 N–H and O–H groups in total. The normalized spacial score (nSPS) is 10.2. The number of amides is 1. The summed E-state index contributed by atoms with van der Waals surface area (Å²) in [6, 6.07) is 8.17. The molecule has 0 bridgehead atoms. The van der Waals surface area contributed by atoms with E-state index in [0.29, 0.717) is 6.54 Å². The number of benzene rings is 1. The standard InChI is InChI=1S/C13H14N2OS/c1-9-5-3-4-6-12(9)13-15-11(8-17-13)7-14-10(2)16/h3-6,8H,7H2,1-2H3,(H,14,16). The number of rotatable bonds is 3. The average molecular weight is 246 g/mol. The highest BCUT2D eigenvalue weighted by atomic mass is 32.1. The monoisotopic (exact) mass is 246 g/mol. The van der Waals surface area contributed by atoms with Crippen molar-refractivity contribution < 1.29 is 4.79 Å². The smallest absolute Gasteiger partial charge is 0.217 e. The maximum absolute atomic E-state index is 10.8. The summed E-state index contributed by atoms with van der Waals surface area (Å²) in [5.74, 6) is -0.0320. The van der Waals surface area contributed by atoms with Gasteiger partial charge in [0.15, 0.2) is 0 Å². The Hall–Kier alpha value is -1.68. The lowest BCUT2D eigenvalue weighted by atomic mass is 10.1. The van der Waals surface area contributed by atoms with Gasteiger partial charge in [-0.05, 0) is 12.5 Å². The van der Waals surface area contributed by atoms with Crippen molar-refractivity contribution in [1.29, 1.82) is 0 Å². The lowest BCUT2D eigenvalue weighted by molar-refractivity contribution is -0.119. The molecular formula is C13H14N2OS. The molecule has 0 saturated carbocycles. The van der Waals surface area contributed by atoms with Gasteiger partial charge in [0, 0.05) is 17.9 Å². The molecule has 0 aliphatic carbocycles. The van der Waals surface area contributed by atoms with Crippen LogP contribution in [-0.2, 0) is 11.3 Å². The van der Waals surface area contributed by atoms with E-state index in [0.717, 1.165) is 16.3 Å². The molecule has 1 aromatic heterocycles. The number of thiazole rings is 1. The van der Waals surface area contributed by atoms with Gasteiger partial charge in [0.2, 0.25) is 5.91 Å². The van der Waals surface area contributed by atoms with Crippen LogP contribution >= 0.6 is 11.3 Å². The molecule has 0 fully saturated rings. The van der Waals surface area contributed by atoms with E-state index in [2.05, 4.69) is 29.4 Å². The van der Waals surface area contributed by atoms with E-state index in [1.807, 2.05) is 17.5 Å². The molecule has 0 spiro atoms. The van der Waals surface area contributed by atoms with Gasteiger partial charge in [-0.15, -0.1) is 11.3 Å². The Balaban J connectivity index is 2.18. The van der Waals surface area contributed by atoms with Crippen molar-refractivity contribution in [2.45, 2.75) is 20.4 Å². The lowest BCUT2D eigenvalue weighted by Gasteiger charge is -2.00. The van der Waals surface area contributed by atoms with Crippen molar-refractivity contribution in [1.82, 2.24) is 10.3 Å². The van der Waals surface area contributed by atoms with Crippen LogP contribution in [0.15, 0.2) is 29.6 Å². The molecule has 1 heterocycles. The first-order chi connectivity index (χ1) is 8.16. The number of hydrogen-bond donors (Lipinski definition) is 1. The van der Waals surface area contributed by atoms with Crippen LogP contribution in [0.4, 0.5) is 0 Å². The predicted molar refractivity (Wildman–Crippen MR) is 69.8 cm³/mol. The van der Waals surface area contributed by atoms with Gasteiger partial charge >= 0.3 is 0 Å². The molecule has 1 amide bonds. The quantitative estimate of drug-likeness (QED) is 0.904. The SMILES string of the molecule is CC(=O)NCc1csc(-c2ccccc2C)n1. The van der Waals surface area contributed by atoms with Crippen LogP contribution in [0.2, 0.25) is 0 Å². The third-order valence-electron chi connectivity index (χ3n) is 2.45. The summed E-state index contributed by atoms with van der Waals surface area (Å²) in [5, 5.41) is 5.73. The van der Waals surface area contributed by atoms with E-state index in [-0.39, 0.29) is 5.91 Å². The number of aryl methyl sites for hydroxylation is 1. The lowest BCUT2D eigenvalue weighted by Crippen LogP contribution is -2.18. The fraction of sp³-hybridized carbons (Fsp3) is 0.231. The Morgan fingerprint density at radius 2 is 2.18 bits per heavy atom. The van der Waals surface area contributed by atoms with Crippen molar-refractivity contribution in [2.75, 3.05) is 0 Å². The van der Waals surface area contributed by atoms with Crippen LogP contribution in [0.5, 0.6) is 0 Å². The Bertz CT molecular complexity index is 534. The predicted octanol–water partition coefficient (Wildman–Crippen LogP) is 2.75. The van der Waals surface area contributed by atoms with Crippen LogP contribution in [-0.4, -0.2) is 10.9 Å². The number of carbonyl (C=O) groups excluding carboxylic acids is 1. The van der Waals surface area contributed by atoms with Crippen LogP contribution in [0.25, 0.3) is 10.6 Å². The molecule has 0 aliphatic rings. The van der Waals surface area contributed by atoms with Crippen molar-refractivity contribution in [3.63, 3.8) is 0 Å². The Kier molecular flexibility index (Phi) is 3.54. The summed E-state index contributed by atoms with van der Waals surface area (Å²) >= 11 is 1.61. The maximum atomic E-state index is 10.8. The number of aromatic nitrogens is 1. The van der Waals surface area contributed by atoms with Crippen molar-refractivity contribution in [3.05, 3.63) is 40.9 Å². The van der Waals surface area contributed by atoms with E-state index in [1.54, 1.807) is 11.3 Å². The third-order valence-corrected chi connectivity index (χ3v) is 3.37. The largest absolute Gasteiger partial charge is 0.351 e. The second-order valence-electron chi connectivity index (χ2n) is 3.87. The van der Waals surface area contributed by atoms with Gasteiger partial charge in [0.05, 0.1) is 12.2 Å². The van der Waals surface area contributed by atoms with E-state index in [9.17, 15) is 4.79 Å². The highest BCUT2D eigenvalue weighted by Crippen LogP contribution is 2.26. The molecule has 3 nitrogen and oxygen atoms in total. The maximum Gasteiger partial charge on any atom is 0.217 e. The molecule has 2 rings (SSSR count). The Morgan fingerprint density at radius 1 is 1.41 bits per heavy atom. The van der Waals surface area contributed by atoms with Crippen LogP contribution < -0.4 is 5.32 Å². The first-order valence-electron chi connectivity index (χ1n) is 5.41. The number of hydrogen-bond acceptors (Lipinski definition) is 3. The minimum absolute atomic E-state index is 0.0320. The second-order valence-corrected chi connectivity index (χ2v) is 4.73. The first kappa shape index (κ1) is 11.8. The number of nitrogens with zero attached hydrogens (tertiary/aromatic N) is 1. The van der Waals surface area contributed by atoms with E-state index < -0.39 is 0 Å². The summed E-state index contributed by atoms with van der Waals surface area (Å²) in [5.41, 5.74) is 3.28. The molecule has 4 heteroatoms. The number of nitrogens with one attached hydrogen (secondary N) is 1. The molecule has 2 aromatic rings. The molecule has 17 heavy (non-hydrogen) atoms. The summed E-state index contributed by atoms with van der Waals surface area (Å²) in [6.07, 6.45) is 0. The van der Waals surface area contributed by atoms with Crippen molar-refractivity contribution >= 4 is 17.2 Å². The summed E-state index contributed by atoms with van der Waals surface area (Å²) in [6.45, 7) is 4.08. The summed E-state index contributed by atoms with van der Waals surface area (Å²) in [7, 11) is 0. The van der Waals surface area contributed by atoms with Gasteiger partial charge in [-0.1, -0.05) is 24.3 Å². The second kappa shape index (κ2) is 5.10. The summed E-state index contributed by atoms with van der Waals surface area (Å²) < 4.78 is 0. The molecule has 1 aromatic carbocycles. The molecule has 0 radical (unpaired) electrons. The van der Waals surface area contributed by atoms with Crippen LogP contribution in [0.1, 0.15) is 18.2 Å². The highest BCUT2D eigenvalue weighted by molar-refractivity contribution is 7.13. The fourth-order valence-electron chi connectivity index (χ4n) is 1.54. The molecule has 0 saturated heterocycles. The molecule has 88 valence electrons. The van der Waals surface area contributed by atoms with E-state index in [4.69, 9.17) is 0 Å². The summed E-state index contributed by atoms with van der Waals surface area (Å²) in [4.78, 5) is 15.3. The zero-order chi connectivity index (χ0) is 12.3. The van der Waals surface area contributed by atoms with Gasteiger partial charge in [-0.3, -0.25) is 4.79 Å². The highest BCUT2D eigenvalue weighted by Gasteiger charge is 2.06. The fourth-order valence-corrected chi connectivity index (χ4v) is 2.45. The number of carbonyl (C=O) groups is 1. The molecule has 0 aliphatic heterocycles. The molecule has 0 unspecified atom stereocenters. The van der Waals surface area contributed by atoms with Crippen molar-refractivity contribution in [2.24, 2.45) is 0 Å². The van der Waals surface area contributed by atoms with Gasteiger partial charge in [-0.25, -0.2) is 4.98 Å². The van der Waals surface area contributed by atoms with Gasteiger partial charge in [-0.2, -0.15) is 0 Å². The zero-order valence-electron chi connectivity index (χ0n) is 9.86. The van der Waals surface area contributed by atoms with E-state index >= 15 is 0 Å². The van der Waals surface area contributed by atoms with E-state index in [1.165, 1.54) is 12.5 Å². The average Bonchev–Trinajstić information content (AvgIpc) is 2.75. The Labute approximate surface area is 105 Å². The molecule has 0 atom stereocenters. The van der Waals surface area contributed by atoms with Gasteiger partial charge in [0.1, 0.15) is 5.01 Å².